The Morgan fingerprint density at radius 2 is 1.79 bits per heavy atom. The van der Waals surface area contributed by atoms with Gasteiger partial charge in [0.05, 0.1) is 18.3 Å². The van der Waals surface area contributed by atoms with Gasteiger partial charge in [0.2, 0.25) is 0 Å². The van der Waals surface area contributed by atoms with Crippen molar-refractivity contribution in [3.63, 3.8) is 0 Å². The Hall–Kier alpha value is -2.13. The van der Waals surface area contributed by atoms with Gasteiger partial charge in [-0.1, -0.05) is 30.3 Å². The lowest BCUT2D eigenvalue weighted by atomic mass is 10.1. The van der Waals surface area contributed by atoms with Crippen molar-refractivity contribution >= 4 is 5.52 Å². The van der Waals surface area contributed by atoms with Gasteiger partial charge in [0.1, 0.15) is 5.82 Å². The molecule has 3 nitrogen and oxygen atoms in total. The minimum Gasteiger partial charge on any atom is -0.324 e. The molecule has 3 rings (SSSR count). The summed E-state index contributed by atoms with van der Waals surface area (Å²) in [4.78, 5) is 4.31. The van der Waals surface area contributed by atoms with Gasteiger partial charge in [-0.05, 0) is 36.1 Å². The molecule has 2 aromatic heterocycles. The molecule has 0 aliphatic heterocycles. The third-order valence-electron chi connectivity index (χ3n) is 3.40. The normalized spacial score (nSPS) is 11.0. The molecule has 0 aliphatic carbocycles. The van der Waals surface area contributed by atoms with Crippen molar-refractivity contribution in [2.75, 3.05) is 0 Å². The van der Waals surface area contributed by atoms with Crippen LogP contribution in [-0.4, -0.2) is 9.38 Å². The van der Waals surface area contributed by atoms with Gasteiger partial charge in [-0.15, -0.1) is 0 Å². The van der Waals surface area contributed by atoms with Gasteiger partial charge in [-0.25, -0.2) is 4.98 Å². The number of pyridine rings is 1. The van der Waals surface area contributed by atoms with Gasteiger partial charge in [-0.2, -0.15) is 0 Å². The van der Waals surface area contributed by atoms with Crippen molar-refractivity contribution in [1.82, 2.24) is 9.38 Å². The summed E-state index contributed by atoms with van der Waals surface area (Å²) in [6.07, 6.45) is 6.05. The molecule has 19 heavy (non-hydrogen) atoms. The fourth-order valence-corrected chi connectivity index (χ4v) is 2.34. The van der Waals surface area contributed by atoms with E-state index >= 15 is 0 Å². The van der Waals surface area contributed by atoms with Crippen LogP contribution < -0.4 is 5.73 Å². The number of nitrogens with zero attached hydrogens (tertiary/aromatic N) is 2. The predicted molar refractivity (Wildman–Crippen MR) is 76.9 cm³/mol. The van der Waals surface area contributed by atoms with Crippen LogP contribution in [0.25, 0.3) is 5.52 Å². The topological polar surface area (TPSA) is 43.3 Å². The first-order chi connectivity index (χ1) is 9.36. The molecule has 96 valence electrons. The highest BCUT2D eigenvalue weighted by molar-refractivity contribution is 5.48. The van der Waals surface area contributed by atoms with Crippen molar-refractivity contribution in [1.29, 1.82) is 0 Å². The second-order valence-corrected chi connectivity index (χ2v) is 4.69. The number of aryl methyl sites for hydroxylation is 2. The van der Waals surface area contributed by atoms with Crippen LogP contribution in [0.1, 0.15) is 17.0 Å². The van der Waals surface area contributed by atoms with E-state index in [1.807, 2.05) is 10.6 Å². The van der Waals surface area contributed by atoms with Crippen molar-refractivity contribution in [2.45, 2.75) is 19.4 Å². The molecule has 3 heteroatoms. The molecule has 2 N–H and O–H groups in total. The van der Waals surface area contributed by atoms with Crippen molar-refractivity contribution in [2.24, 2.45) is 5.73 Å². The second-order valence-electron chi connectivity index (χ2n) is 4.69. The smallest absolute Gasteiger partial charge is 0.127 e. The number of hydrogen-bond donors (Lipinski definition) is 1. The van der Waals surface area contributed by atoms with Gasteiger partial charge in [0.25, 0.3) is 0 Å². The predicted octanol–water partition coefficient (Wildman–Crippen LogP) is 2.58. The van der Waals surface area contributed by atoms with E-state index in [1.54, 1.807) is 0 Å². The number of hydrogen-bond acceptors (Lipinski definition) is 2. The Labute approximate surface area is 112 Å². The first kappa shape index (κ1) is 11.9. The maximum absolute atomic E-state index is 5.65. The number of nitrogens with two attached hydrogens (primary N) is 1. The molecule has 0 unspecified atom stereocenters. The van der Waals surface area contributed by atoms with Crippen LogP contribution in [0.5, 0.6) is 0 Å². The highest BCUT2D eigenvalue weighted by Crippen LogP contribution is 2.12. The molecule has 0 amide bonds. The lowest BCUT2D eigenvalue weighted by Crippen LogP contribution is -2.02. The van der Waals surface area contributed by atoms with E-state index in [9.17, 15) is 0 Å². The average molecular weight is 251 g/mol. The van der Waals surface area contributed by atoms with Crippen molar-refractivity contribution < 1.29 is 0 Å². The Bertz CT molecular complexity index is 671. The zero-order valence-corrected chi connectivity index (χ0v) is 10.8. The summed E-state index contributed by atoms with van der Waals surface area (Å²) in [5.74, 6) is 0.907. The lowest BCUT2D eigenvalue weighted by Gasteiger charge is -2.04. The molecular weight excluding hydrogens is 234 g/mol. The molecule has 0 radical (unpaired) electrons. The van der Waals surface area contributed by atoms with Crippen LogP contribution in [0.2, 0.25) is 0 Å². The number of fused-ring (bicyclic) bond motifs is 1. The van der Waals surface area contributed by atoms with Crippen LogP contribution in [-0.2, 0) is 19.4 Å². The summed E-state index contributed by atoms with van der Waals surface area (Å²) in [7, 11) is 0. The monoisotopic (exact) mass is 251 g/mol. The van der Waals surface area contributed by atoms with Gasteiger partial charge in [0, 0.05) is 6.20 Å². The summed E-state index contributed by atoms with van der Waals surface area (Å²) in [6.45, 7) is 0.470. The van der Waals surface area contributed by atoms with Gasteiger partial charge < -0.3 is 10.1 Å². The van der Waals surface area contributed by atoms with Crippen LogP contribution in [0, 0.1) is 0 Å². The second kappa shape index (κ2) is 5.24. The van der Waals surface area contributed by atoms with Gasteiger partial charge >= 0.3 is 0 Å². The van der Waals surface area contributed by atoms with Crippen molar-refractivity contribution in [3.8, 4) is 0 Å². The summed E-state index contributed by atoms with van der Waals surface area (Å²) < 4.78 is 2.05. The summed E-state index contributed by atoms with van der Waals surface area (Å²) >= 11 is 0. The Kier molecular flexibility index (Phi) is 3.29. The van der Waals surface area contributed by atoms with Crippen molar-refractivity contribution in [3.05, 3.63) is 71.8 Å². The van der Waals surface area contributed by atoms with E-state index in [-0.39, 0.29) is 0 Å². The lowest BCUT2D eigenvalue weighted by molar-refractivity contribution is 0.896. The first-order valence-electron chi connectivity index (χ1n) is 6.55. The van der Waals surface area contributed by atoms with Gasteiger partial charge in [-0.3, -0.25) is 0 Å². The third-order valence-corrected chi connectivity index (χ3v) is 3.40. The third kappa shape index (κ3) is 2.51. The van der Waals surface area contributed by atoms with Crippen LogP contribution in [0.3, 0.4) is 0 Å². The fraction of sp³-hybridized carbons (Fsp3) is 0.188. The number of rotatable bonds is 4. The zero-order chi connectivity index (χ0) is 13.1. The molecule has 0 atom stereocenters. The average Bonchev–Trinajstić information content (AvgIpc) is 2.88. The largest absolute Gasteiger partial charge is 0.324 e. The molecule has 0 spiro atoms. The van der Waals surface area contributed by atoms with Crippen LogP contribution in [0.4, 0.5) is 0 Å². The molecule has 2 heterocycles. The van der Waals surface area contributed by atoms with Crippen LogP contribution >= 0.6 is 0 Å². The van der Waals surface area contributed by atoms with E-state index in [0.717, 1.165) is 24.2 Å². The Morgan fingerprint density at radius 3 is 2.58 bits per heavy atom. The maximum atomic E-state index is 5.65. The highest BCUT2D eigenvalue weighted by atomic mass is 15.0. The van der Waals surface area contributed by atoms with E-state index in [0.29, 0.717) is 6.54 Å². The van der Waals surface area contributed by atoms with E-state index in [4.69, 9.17) is 5.73 Å². The zero-order valence-electron chi connectivity index (χ0n) is 10.8. The van der Waals surface area contributed by atoms with E-state index in [2.05, 4.69) is 53.6 Å². The van der Waals surface area contributed by atoms with E-state index < -0.39 is 0 Å². The maximum Gasteiger partial charge on any atom is 0.127 e. The molecule has 0 saturated carbocycles. The van der Waals surface area contributed by atoms with Crippen LogP contribution in [0.15, 0.2) is 54.9 Å². The summed E-state index contributed by atoms with van der Waals surface area (Å²) in [6, 6.07) is 14.9. The SMILES string of the molecule is NCc1ncc2cc(CCc3ccccc3)ccn12. The minimum absolute atomic E-state index is 0.470. The molecule has 1 aromatic carbocycles. The summed E-state index contributed by atoms with van der Waals surface area (Å²) in [5, 5.41) is 0. The molecule has 0 bridgehead atoms. The molecule has 0 fully saturated rings. The molecule has 3 aromatic rings. The van der Waals surface area contributed by atoms with E-state index in [1.165, 1.54) is 11.1 Å². The Morgan fingerprint density at radius 1 is 1.00 bits per heavy atom. The number of imidazole rings is 1. The minimum atomic E-state index is 0.470. The molecular formula is C16H17N3. The quantitative estimate of drug-likeness (QED) is 0.774. The fourth-order valence-electron chi connectivity index (χ4n) is 2.34. The molecule has 0 aliphatic rings. The number of aromatic nitrogens is 2. The first-order valence-corrected chi connectivity index (χ1v) is 6.55. The Balaban J connectivity index is 1.78. The number of benzene rings is 1. The summed E-state index contributed by atoms with van der Waals surface area (Å²) in [5.41, 5.74) is 9.47. The highest BCUT2D eigenvalue weighted by Gasteiger charge is 2.02. The standard InChI is InChI=1S/C16H17N3/c17-11-16-18-12-15-10-14(8-9-19(15)16)7-6-13-4-2-1-3-5-13/h1-5,8-10,12H,6-7,11,17H2. The van der Waals surface area contributed by atoms with Gasteiger partial charge in [0.15, 0.2) is 0 Å². The molecule has 0 saturated heterocycles.